The van der Waals surface area contributed by atoms with Crippen LogP contribution in [0.2, 0.25) is 0 Å². The number of hydrogen-bond acceptors (Lipinski definition) is 12. The zero-order valence-electron chi connectivity index (χ0n) is 62.3. The number of nitrogens with one attached hydrogen (secondary N) is 3. The molecule has 3 aromatic rings. The van der Waals surface area contributed by atoms with Crippen LogP contribution in [0.1, 0.15) is 127 Å². The second kappa shape index (κ2) is 35.4. The number of alkyl halides is 6. The van der Waals surface area contributed by atoms with E-state index >= 15 is 28.0 Å². The third-order valence-electron chi connectivity index (χ3n) is 21.1. The van der Waals surface area contributed by atoms with Gasteiger partial charge >= 0.3 is 12.4 Å². The Bertz CT molecular complexity index is 3720. The zero-order chi connectivity index (χ0) is 79.7. The number of hydrogen-bond donors (Lipinski definition) is 3. The number of benzene rings is 3. The Labute approximate surface area is 611 Å². The lowest BCUT2D eigenvalue weighted by molar-refractivity contribution is -0.160. The summed E-state index contributed by atoms with van der Waals surface area (Å²) in [4.78, 5) is 187. The molecular formula is C73H97F9N12O12. The van der Waals surface area contributed by atoms with Crippen molar-refractivity contribution >= 4 is 70.9 Å². The van der Waals surface area contributed by atoms with Gasteiger partial charge < -0.3 is 60.0 Å². The van der Waals surface area contributed by atoms with Gasteiger partial charge in [0.05, 0.1) is 18.5 Å². The number of rotatable bonds is 12. The monoisotopic (exact) mass is 1500 g/mol. The molecule has 2 heterocycles. The van der Waals surface area contributed by atoms with Crippen LogP contribution < -0.4 is 16.0 Å². The van der Waals surface area contributed by atoms with Crippen molar-refractivity contribution in [3.05, 3.63) is 106 Å². The highest BCUT2D eigenvalue weighted by atomic mass is 19.4. The number of carbonyl (C=O) groups is 12. The van der Waals surface area contributed by atoms with E-state index in [0.717, 1.165) is 94.6 Å². The van der Waals surface area contributed by atoms with Gasteiger partial charge in [-0.15, -0.1) is 0 Å². The summed E-state index contributed by atoms with van der Waals surface area (Å²) >= 11 is 0. The first-order valence-corrected chi connectivity index (χ1v) is 35.1. The predicted molar refractivity (Wildman–Crippen MR) is 369 cm³/mol. The summed E-state index contributed by atoms with van der Waals surface area (Å²) < 4.78 is 128. The number of aryl methyl sites for hydroxylation is 1. The van der Waals surface area contributed by atoms with E-state index in [9.17, 15) is 69.1 Å². The Morgan fingerprint density at radius 3 is 1.64 bits per heavy atom. The van der Waals surface area contributed by atoms with E-state index in [1.54, 1.807) is 27.7 Å². The summed E-state index contributed by atoms with van der Waals surface area (Å²) in [7, 11) is 11.3. The zero-order valence-corrected chi connectivity index (χ0v) is 62.3. The summed E-state index contributed by atoms with van der Waals surface area (Å²) in [6, 6.07) is -4.65. The smallest absolute Gasteiger partial charge is 0.347 e. The lowest BCUT2D eigenvalue weighted by Gasteiger charge is -2.45. The fourth-order valence-corrected chi connectivity index (χ4v) is 13.5. The molecule has 2 aliphatic heterocycles. The molecule has 33 heteroatoms. The van der Waals surface area contributed by atoms with Gasteiger partial charge in [-0.1, -0.05) is 77.6 Å². The molecule has 1 saturated carbocycles. The molecule has 12 amide bonds. The molecule has 3 aliphatic rings. The van der Waals surface area contributed by atoms with E-state index in [0.29, 0.717) is 31.4 Å². The summed E-state index contributed by atoms with van der Waals surface area (Å²) in [5.74, 6) is -16.8. The van der Waals surface area contributed by atoms with Gasteiger partial charge in [-0.3, -0.25) is 57.5 Å². The summed E-state index contributed by atoms with van der Waals surface area (Å²) in [6.45, 7) is 8.47. The van der Waals surface area contributed by atoms with Crippen molar-refractivity contribution in [2.24, 2.45) is 11.8 Å². The maximum Gasteiger partial charge on any atom is 0.422 e. The van der Waals surface area contributed by atoms with E-state index in [4.69, 9.17) is 0 Å². The van der Waals surface area contributed by atoms with E-state index in [2.05, 4.69) is 16.0 Å². The summed E-state index contributed by atoms with van der Waals surface area (Å²) in [6.07, 6.45) is -12.2. The van der Waals surface area contributed by atoms with E-state index in [1.807, 2.05) is 0 Å². The maximum atomic E-state index is 15.6. The first kappa shape index (κ1) is 85.6. The minimum absolute atomic E-state index is 0.00199. The van der Waals surface area contributed by atoms with Crippen molar-refractivity contribution in [2.75, 3.05) is 76.5 Å². The van der Waals surface area contributed by atoms with Crippen LogP contribution in [0.3, 0.4) is 0 Å². The van der Waals surface area contributed by atoms with Crippen LogP contribution in [0.5, 0.6) is 0 Å². The lowest BCUT2D eigenvalue weighted by Crippen LogP contribution is -2.65. The number of amides is 12. The first-order chi connectivity index (χ1) is 49.3. The molecule has 1 aliphatic carbocycles. The van der Waals surface area contributed by atoms with Crippen molar-refractivity contribution in [3.8, 4) is 0 Å². The van der Waals surface area contributed by atoms with Crippen LogP contribution in [0, 0.1) is 29.3 Å². The molecule has 106 heavy (non-hydrogen) atoms. The van der Waals surface area contributed by atoms with Crippen LogP contribution >= 0.6 is 0 Å². The van der Waals surface area contributed by atoms with Gasteiger partial charge in [0.2, 0.25) is 70.9 Å². The van der Waals surface area contributed by atoms with Gasteiger partial charge in [0.1, 0.15) is 82.9 Å². The highest BCUT2D eigenvalue weighted by molar-refractivity contribution is 6.01. The Balaban J connectivity index is 1.51. The maximum absolute atomic E-state index is 15.6. The van der Waals surface area contributed by atoms with Crippen LogP contribution in [-0.2, 0) is 89.1 Å². The number of carbonyl (C=O) groups excluding carboxylic acids is 12. The van der Waals surface area contributed by atoms with Gasteiger partial charge in [0.25, 0.3) is 0 Å². The van der Waals surface area contributed by atoms with E-state index in [-0.39, 0.29) is 43.4 Å². The van der Waals surface area contributed by atoms with E-state index in [1.165, 1.54) is 75.3 Å². The standard InChI is InChI=1S/C73H97F9N12O12/c1-16-40(3)59-68(104)89(11)43(6)63(99)94-33-30-52(94)67(103)91(13)54(37-44-20-25-47(26-21-44)72(77,78)79)66(102)87(9)39-56(95)83-51(29-24-46-34-49(75)58(50(76)35-46)73(80,81)82)64(100)90(12)53(36-45-22-27-48(74)28-23-45)62(98)85-71(31-18-19-32-71)70(106)93(15)60(41(4)17-2)69(105)92(14)55(65(101)86(7)8)38-57(96)88(10)42(5)61(97)84-59/h20-23,25-28,34-35,40-43,51-55,59-60H,16-19,24,29-33,36-39H2,1-15H3,(H,83,95)(H,84,97)(H,85,98)/t40-,41-,42-,43-,51-,52-,53-,54-,55-,59-,60-/m0/s1. The van der Waals surface area contributed by atoms with Crippen LogP contribution in [-0.4, -0.2) is 251 Å². The lowest BCUT2D eigenvalue weighted by atomic mass is 9.90. The Morgan fingerprint density at radius 2 is 1.13 bits per heavy atom. The molecule has 3 N–H and O–H groups in total. The third kappa shape index (κ3) is 19.8. The van der Waals surface area contributed by atoms with E-state index < -0.39 is 228 Å². The van der Waals surface area contributed by atoms with Gasteiger partial charge in [-0.05, 0) is 111 Å². The molecule has 0 unspecified atom stereocenters. The van der Waals surface area contributed by atoms with Gasteiger partial charge in [-0.25, -0.2) is 13.2 Å². The number of halogens is 9. The van der Waals surface area contributed by atoms with Crippen molar-refractivity contribution in [2.45, 2.75) is 191 Å². The molecule has 1 spiro atoms. The van der Waals surface area contributed by atoms with Crippen LogP contribution in [0.15, 0.2) is 60.7 Å². The van der Waals surface area contributed by atoms with Crippen molar-refractivity contribution < 1.29 is 97.0 Å². The van der Waals surface area contributed by atoms with Gasteiger partial charge in [0.15, 0.2) is 0 Å². The number of likely N-dealkylation sites (N-methyl/N-ethyl adjacent to an activating group) is 8. The largest absolute Gasteiger partial charge is 0.422 e. The number of fused-ring (bicyclic) bond motifs is 1. The quantitative estimate of drug-likeness (QED) is 0.187. The molecule has 2 saturated heterocycles. The van der Waals surface area contributed by atoms with Gasteiger partial charge in [0, 0.05) is 82.8 Å². The van der Waals surface area contributed by atoms with Crippen molar-refractivity contribution in [1.29, 1.82) is 0 Å². The average Bonchev–Trinajstić information content (AvgIpc) is 1.35. The highest BCUT2D eigenvalue weighted by Crippen LogP contribution is 2.37. The Kier molecular flexibility index (Phi) is 28.6. The molecule has 3 fully saturated rings. The average molecular weight is 1510 g/mol. The SMILES string of the molecule is CC[C@H](C)[C@@H]1NC(=O)[C@H](C)N(C)C(=O)C[C@@H](C(=O)N(C)C)N(C)C(=O)[C@H]([C@@H](C)CC)N(C)C(=O)C2(CCCC2)NC(=O)[C@H](Cc2ccc(F)cc2)N(C)C(=O)[C@H](CCc2cc(F)c(C(F)(F)F)c(F)c2)NC(=O)CN(C)C(=O)[C@H](Cc2ccc(C(F)(F)F)cc2)N(C)C(=O)[C@@H]2CCN2C(=O)[C@H](C)N(C)C1=O. The van der Waals surface area contributed by atoms with Crippen molar-refractivity contribution in [3.63, 3.8) is 0 Å². The van der Waals surface area contributed by atoms with Crippen LogP contribution in [0.25, 0.3) is 0 Å². The molecule has 24 nitrogen and oxygen atoms in total. The molecule has 6 rings (SSSR count). The molecule has 584 valence electrons. The number of nitrogens with zero attached hydrogens (tertiary/aromatic N) is 9. The molecule has 0 bridgehead atoms. The first-order valence-electron chi connectivity index (χ1n) is 35.1. The molecule has 3 aromatic carbocycles. The minimum Gasteiger partial charge on any atom is -0.347 e. The van der Waals surface area contributed by atoms with Crippen LogP contribution in [0.4, 0.5) is 39.5 Å². The summed E-state index contributed by atoms with van der Waals surface area (Å²) in [5.41, 5.74) is -5.27. The highest BCUT2D eigenvalue weighted by Gasteiger charge is 2.51. The normalized spacial score (nSPS) is 24.8. The molecule has 0 aromatic heterocycles. The molecule has 0 radical (unpaired) electrons. The third-order valence-corrected chi connectivity index (χ3v) is 21.1. The Hall–Kier alpha value is -9.33. The fraction of sp³-hybridized carbons (Fsp3) is 0.589. The minimum atomic E-state index is -5.49. The summed E-state index contributed by atoms with van der Waals surface area (Å²) in [5, 5.41) is 8.04. The second-order valence-electron chi connectivity index (χ2n) is 28.4. The predicted octanol–water partition coefficient (Wildman–Crippen LogP) is 5.60. The second-order valence-corrected chi connectivity index (χ2v) is 28.4. The topological polar surface area (TPSA) is 270 Å². The molecule has 11 atom stereocenters. The Morgan fingerprint density at radius 1 is 0.594 bits per heavy atom. The fourth-order valence-electron chi connectivity index (χ4n) is 13.5. The van der Waals surface area contributed by atoms with Gasteiger partial charge in [-0.2, -0.15) is 26.3 Å². The molecular weight excluding hydrogens is 1410 g/mol. The van der Waals surface area contributed by atoms with Crippen molar-refractivity contribution in [1.82, 2.24) is 60.0 Å².